The molecule has 13 heavy (non-hydrogen) atoms. The summed E-state index contributed by atoms with van der Waals surface area (Å²) in [6.45, 7) is 0.383. The lowest BCUT2D eigenvalue weighted by Gasteiger charge is -1.95. The second-order valence-corrected chi connectivity index (χ2v) is 2.91. The van der Waals surface area contributed by atoms with Gasteiger partial charge in [-0.1, -0.05) is 18.2 Å². The summed E-state index contributed by atoms with van der Waals surface area (Å²) in [4.78, 5) is 0. The minimum absolute atomic E-state index is 0.0707. The van der Waals surface area contributed by atoms with E-state index in [2.05, 4.69) is 0 Å². The quantitative estimate of drug-likeness (QED) is 0.728. The summed E-state index contributed by atoms with van der Waals surface area (Å²) in [5.41, 5.74) is 7.30. The Morgan fingerprint density at radius 2 is 2.23 bits per heavy atom. The van der Waals surface area contributed by atoms with Crippen LogP contribution in [0, 0.1) is 0 Å². The van der Waals surface area contributed by atoms with Crippen molar-refractivity contribution < 1.29 is 9.52 Å². The highest BCUT2D eigenvalue weighted by Crippen LogP contribution is 2.22. The third-order valence-electron chi connectivity index (χ3n) is 2.05. The molecule has 0 bridgehead atoms. The minimum atomic E-state index is -0.0707. The molecule has 3 heteroatoms. The molecule has 2 rings (SSSR count). The first-order chi connectivity index (χ1) is 6.35. The monoisotopic (exact) mass is 177 g/mol. The van der Waals surface area contributed by atoms with Crippen molar-refractivity contribution in [3.8, 4) is 0 Å². The number of aliphatic hydroxyl groups excluding tert-OH is 1. The molecular weight excluding hydrogens is 166 g/mol. The first kappa shape index (κ1) is 8.29. The van der Waals surface area contributed by atoms with Gasteiger partial charge in [-0.15, -0.1) is 0 Å². The summed E-state index contributed by atoms with van der Waals surface area (Å²) in [7, 11) is 0. The molecule has 0 spiro atoms. The molecule has 0 saturated carbocycles. The maximum absolute atomic E-state index is 8.88. The number of furan rings is 1. The fraction of sp³-hybridized carbons (Fsp3) is 0.200. The number of hydrogen-bond acceptors (Lipinski definition) is 3. The second-order valence-electron chi connectivity index (χ2n) is 2.91. The predicted molar refractivity (Wildman–Crippen MR) is 50.0 cm³/mol. The highest BCUT2D eigenvalue weighted by molar-refractivity contribution is 5.81. The topological polar surface area (TPSA) is 59.4 Å². The molecule has 3 N–H and O–H groups in total. The van der Waals surface area contributed by atoms with Gasteiger partial charge in [-0.25, -0.2) is 0 Å². The highest BCUT2D eigenvalue weighted by Gasteiger charge is 2.05. The molecule has 0 unspecified atom stereocenters. The van der Waals surface area contributed by atoms with Gasteiger partial charge >= 0.3 is 0 Å². The molecule has 0 atom stereocenters. The van der Waals surface area contributed by atoms with Gasteiger partial charge in [0.15, 0.2) is 0 Å². The van der Waals surface area contributed by atoms with Gasteiger partial charge in [-0.05, 0) is 6.07 Å². The number of aliphatic hydroxyl groups is 1. The average molecular weight is 177 g/mol. The number of hydrogen-bond donors (Lipinski definition) is 2. The molecule has 0 aliphatic rings. The molecule has 0 fully saturated rings. The minimum Gasteiger partial charge on any atom is -0.458 e. The van der Waals surface area contributed by atoms with E-state index in [1.807, 2.05) is 24.3 Å². The fourth-order valence-corrected chi connectivity index (χ4v) is 1.42. The van der Waals surface area contributed by atoms with Crippen LogP contribution in [-0.4, -0.2) is 5.11 Å². The molecule has 1 aromatic heterocycles. The van der Waals surface area contributed by atoms with E-state index in [1.165, 1.54) is 0 Å². The van der Waals surface area contributed by atoms with Gasteiger partial charge in [0, 0.05) is 17.5 Å². The van der Waals surface area contributed by atoms with Crippen LogP contribution in [0.1, 0.15) is 11.3 Å². The Balaban J connectivity index is 2.67. The summed E-state index contributed by atoms with van der Waals surface area (Å²) >= 11 is 0. The molecule has 1 heterocycles. The molecule has 68 valence electrons. The zero-order valence-corrected chi connectivity index (χ0v) is 7.16. The molecule has 2 aromatic rings. The van der Waals surface area contributed by atoms with E-state index in [0.717, 1.165) is 16.5 Å². The van der Waals surface area contributed by atoms with Crippen LogP contribution in [0.25, 0.3) is 11.0 Å². The fourth-order valence-electron chi connectivity index (χ4n) is 1.42. The van der Waals surface area contributed by atoms with Gasteiger partial charge in [0.2, 0.25) is 0 Å². The van der Waals surface area contributed by atoms with Gasteiger partial charge in [-0.3, -0.25) is 0 Å². The molecule has 3 nitrogen and oxygen atoms in total. The summed E-state index contributed by atoms with van der Waals surface area (Å²) < 4.78 is 5.41. The molecule has 1 aromatic carbocycles. The Labute approximate surface area is 75.8 Å². The molecule has 0 amide bonds. The van der Waals surface area contributed by atoms with E-state index in [9.17, 15) is 0 Å². The van der Waals surface area contributed by atoms with Crippen molar-refractivity contribution in [3.63, 3.8) is 0 Å². The van der Waals surface area contributed by atoms with Crippen molar-refractivity contribution in [3.05, 3.63) is 35.6 Å². The lowest BCUT2D eigenvalue weighted by Crippen LogP contribution is -1.95. The third-order valence-corrected chi connectivity index (χ3v) is 2.05. The van der Waals surface area contributed by atoms with Crippen molar-refractivity contribution in [1.29, 1.82) is 0 Å². The first-order valence-corrected chi connectivity index (χ1v) is 4.16. The lowest BCUT2D eigenvalue weighted by atomic mass is 10.1. The zero-order valence-electron chi connectivity index (χ0n) is 7.16. The number of rotatable bonds is 2. The molecular formula is C10H11NO2. The van der Waals surface area contributed by atoms with Crippen LogP contribution in [0.5, 0.6) is 0 Å². The highest BCUT2D eigenvalue weighted by atomic mass is 16.4. The standard InChI is InChI=1S/C10H11NO2/c11-5-8-3-1-2-7-4-9(6-12)13-10(7)8/h1-4,12H,5-6,11H2. The molecule has 0 aliphatic carbocycles. The third kappa shape index (κ3) is 1.32. The summed E-state index contributed by atoms with van der Waals surface area (Å²) in [6, 6.07) is 7.62. The van der Waals surface area contributed by atoms with E-state index in [0.29, 0.717) is 12.3 Å². The van der Waals surface area contributed by atoms with E-state index in [1.54, 1.807) is 0 Å². The van der Waals surface area contributed by atoms with Crippen LogP contribution in [0.3, 0.4) is 0 Å². The van der Waals surface area contributed by atoms with Crippen molar-refractivity contribution in [2.24, 2.45) is 5.73 Å². The number of nitrogens with two attached hydrogens (primary N) is 1. The van der Waals surface area contributed by atoms with Gasteiger partial charge < -0.3 is 15.3 Å². The van der Waals surface area contributed by atoms with E-state index in [-0.39, 0.29) is 6.61 Å². The Hall–Kier alpha value is -1.32. The molecule has 0 radical (unpaired) electrons. The van der Waals surface area contributed by atoms with E-state index in [4.69, 9.17) is 15.3 Å². The SMILES string of the molecule is NCc1cccc2cc(CO)oc12. The van der Waals surface area contributed by atoms with E-state index < -0.39 is 0 Å². The van der Waals surface area contributed by atoms with Crippen molar-refractivity contribution in [2.45, 2.75) is 13.2 Å². The number of para-hydroxylation sites is 1. The summed E-state index contributed by atoms with van der Waals surface area (Å²) in [5.74, 6) is 0.580. The molecule has 0 saturated heterocycles. The van der Waals surface area contributed by atoms with E-state index >= 15 is 0 Å². The van der Waals surface area contributed by atoms with Gasteiger partial charge in [0.05, 0.1) is 0 Å². The van der Waals surface area contributed by atoms with Gasteiger partial charge in [-0.2, -0.15) is 0 Å². The van der Waals surface area contributed by atoms with Gasteiger partial charge in [0.25, 0.3) is 0 Å². The Bertz CT molecular complexity index is 420. The Morgan fingerprint density at radius 1 is 1.38 bits per heavy atom. The average Bonchev–Trinajstić information content (AvgIpc) is 2.59. The zero-order chi connectivity index (χ0) is 9.26. The van der Waals surface area contributed by atoms with Crippen molar-refractivity contribution >= 4 is 11.0 Å². The van der Waals surface area contributed by atoms with Crippen LogP contribution in [-0.2, 0) is 13.2 Å². The second kappa shape index (κ2) is 3.20. The van der Waals surface area contributed by atoms with Crippen molar-refractivity contribution in [1.82, 2.24) is 0 Å². The maximum atomic E-state index is 8.88. The van der Waals surface area contributed by atoms with Crippen LogP contribution >= 0.6 is 0 Å². The summed E-state index contributed by atoms with van der Waals surface area (Å²) in [6.07, 6.45) is 0. The Kier molecular flexibility index (Phi) is 2.04. The largest absolute Gasteiger partial charge is 0.458 e. The number of fused-ring (bicyclic) bond motifs is 1. The van der Waals surface area contributed by atoms with Crippen molar-refractivity contribution in [2.75, 3.05) is 0 Å². The van der Waals surface area contributed by atoms with Crippen LogP contribution < -0.4 is 5.73 Å². The van der Waals surface area contributed by atoms with Crippen LogP contribution in [0.15, 0.2) is 28.7 Å². The predicted octanol–water partition coefficient (Wildman–Crippen LogP) is 1.38. The number of benzene rings is 1. The Morgan fingerprint density at radius 3 is 2.92 bits per heavy atom. The maximum Gasteiger partial charge on any atom is 0.138 e. The first-order valence-electron chi connectivity index (χ1n) is 4.16. The van der Waals surface area contributed by atoms with Gasteiger partial charge in [0.1, 0.15) is 18.0 Å². The molecule has 0 aliphatic heterocycles. The lowest BCUT2D eigenvalue weighted by molar-refractivity contribution is 0.251. The van der Waals surface area contributed by atoms with Crippen LogP contribution in [0.2, 0.25) is 0 Å². The summed E-state index contributed by atoms with van der Waals surface area (Å²) in [5, 5.41) is 9.87. The van der Waals surface area contributed by atoms with Crippen LogP contribution in [0.4, 0.5) is 0 Å². The smallest absolute Gasteiger partial charge is 0.138 e. The normalized spacial score (nSPS) is 10.9.